The molecule has 5 nitrogen and oxygen atoms in total. The first-order valence-electron chi connectivity index (χ1n) is 5.26. The maximum absolute atomic E-state index is 11.6. The van der Waals surface area contributed by atoms with Gasteiger partial charge in [0.1, 0.15) is 0 Å². The molecule has 0 spiro atoms. The van der Waals surface area contributed by atoms with Crippen LogP contribution in [0.2, 0.25) is 0 Å². The molecule has 2 unspecified atom stereocenters. The van der Waals surface area contributed by atoms with E-state index in [1.54, 1.807) is 6.92 Å². The number of hydrogen-bond donors (Lipinski definition) is 2. The number of sulfonamides is 1. The lowest BCUT2D eigenvalue weighted by Gasteiger charge is -2.15. The Morgan fingerprint density at radius 2 is 2.33 bits per heavy atom. The van der Waals surface area contributed by atoms with Gasteiger partial charge >= 0.3 is 0 Å². The number of nitrogens with one attached hydrogen (secondary N) is 1. The summed E-state index contributed by atoms with van der Waals surface area (Å²) in [7, 11) is -3.27. The molecule has 0 bridgehead atoms. The van der Waals surface area contributed by atoms with Crippen LogP contribution in [0.25, 0.3) is 0 Å². The summed E-state index contributed by atoms with van der Waals surface area (Å²) in [5, 5.41) is 8.66. The Balaban J connectivity index is 2.37. The van der Waals surface area contributed by atoms with Crippen molar-refractivity contribution >= 4 is 10.0 Å². The van der Waals surface area contributed by atoms with Gasteiger partial charge in [-0.3, -0.25) is 0 Å². The fourth-order valence-electron chi connectivity index (χ4n) is 1.63. The highest BCUT2D eigenvalue weighted by Gasteiger charge is 2.24. The minimum Gasteiger partial charge on any atom is -0.396 e. The van der Waals surface area contributed by atoms with E-state index in [-0.39, 0.29) is 24.5 Å². The molecule has 0 aliphatic carbocycles. The van der Waals surface area contributed by atoms with E-state index in [9.17, 15) is 8.42 Å². The average molecular weight is 237 g/mol. The zero-order valence-electron chi connectivity index (χ0n) is 8.98. The predicted molar refractivity (Wildman–Crippen MR) is 57.1 cm³/mol. The van der Waals surface area contributed by atoms with Gasteiger partial charge in [-0.1, -0.05) is 0 Å². The Kier molecular flexibility index (Phi) is 4.98. The summed E-state index contributed by atoms with van der Waals surface area (Å²) < 4.78 is 31.0. The van der Waals surface area contributed by atoms with Crippen LogP contribution < -0.4 is 4.72 Å². The predicted octanol–water partition coefficient (Wildman–Crippen LogP) is -0.144. The molecule has 0 aromatic carbocycles. The third-order valence-electron chi connectivity index (χ3n) is 2.37. The van der Waals surface area contributed by atoms with Gasteiger partial charge in [0.05, 0.1) is 11.9 Å². The average Bonchev–Trinajstić information content (AvgIpc) is 2.54. The van der Waals surface area contributed by atoms with Gasteiger partial charge in [0.15, 0.2) is 0 Å². The van der Waals surface area contributed by atoms with Crippen molar-refractivity contribution in [2.24, 2.45) is 0 Å². The molecule has 1 aliphatic rings. The highest BCUT2D eigenvalue weighted by atomic mass is 32.2. The maximum Gasteiger partial charge on any atom is 0.214 e. The fourth-order valence-corrected chi connectivity index (χ4v) is 3.21. The molecule has 1 fully saturated rings. The van der Waals surface area contributed by atoms with Crippen LogP contribution >= 0.6 is 0 Å². The third-order valence-corrected chi connectivity index (χ3v) is 3.94. The minimum absolute atomic E-state index is 0.0103. The van der Waals surface area contributed by atoms with E-state index in [4.69, 9.17) is 9.84 Å². The monoisotopic (exact) mass is 237 g/mol. The van der Waals surface area contributed by atoms with Gasteiger partial charge in [-0.25, -0.2) is 13.1 Å². The number of aliphatic hydroxyl groups is 1. The van der Waals surface area contributed by atoms with Crippen molar-refractivity contribution in [2.75, 3.05) is 19.0 Å². The number of hydrogen-bond acceptors (Lipinski definition) is 4. The topological polar surface area (TPSA) is 75.6 Å². The van der Waals surface area contributed by atoms with Crippen LogP contribution in [-0.4, -0.2) is 44.6 Å². The van der Waals surface area contributed by atoms with E-state index in [0.717, 1.165) is 12.8 Å². The molecule has 90 valence electrons. The first-order valence-corrected chi connectivity index (χ1v) is 6.91. The molecule has 0 amide bonds. The van der Waals surface area contributed by atoms with Crippen LogP contribution in [0.4, 0.5) is 0 Å². The van der Waals surface area contributed by atoms with Crippen LogP contribution in [0.3, 0.4) is 0 Å². The van der Waals surface area contributed by atoms with Gasteiger partial charge in [-0.15, -0.1) is 0 Å². The summed E-state index contributed by atoms with van der Waals surface area (Å²) in [5.41, 5.74) is 0. The second kappa shape index (κ2) is 5.79. The molecular weight excluding hydrogens is 218 g/mol. The largest absolute Gasteiger partial charge is 0.396 e. The molecule has 1 heterocycles. The summed E-state index contributed by atoms with van der Waals surface area (Å²) in [6.07, 6.45) is 2.02. The molecule has 15 heavy (non-hydrogen) atoms. The standard InChI is InChI=1S/C9H19NO4S/c1-8(4-5-11)10-15(12,13)7-9-3-2-6-14-9/h8-11H,2-7H2,1H3. The van der Waals surface area contributed by atoms with E-state index < -0.39 is 10.0 Å². The fraction of sp³-hybridized carbons (Fsp3) is 1.00. The molecule has 2 atom stereocenters. The van der Waals surface area contributed by atoms with E-state index >= 15 is 0 Å². The Morgan fingerprint density at radius 3 is 2.87 bits per heavy atom. The number of aliphatic hydroxyl groups excluding tert-OH is 1. The highest BCUT2D eigenvalue weighted by molar-refractivity contribution is 7.89. The van der Waals surface area contributed by atoms with Gasteiger partial charge in [0.2, 0.25) is 10.0 Å². The lowest BCUT2D eigenvalue weighted by atomic mass is 10.3. The molecular formula is C9H19NO4S. The number of rotatable bonds is 6. The lowest BCUT2D eigenvalue weighted by Crippen LogP contribution is -2.38. The second-order valence-corrected chi connectivity index (χ2v) is 5.75. The number of ether oxygens (including phenoxy) is 1. The van der Waals surface area contributed by atoms with Crippen LogP contribution in [-0.2, 0) is 14.8 Å². The van der Waals surface area contributed by atoms with E-state index in [2.05, 4.69) is 4.72 Å². The molecule has 6 heteroatoms. The lowest BCUT2D eigenvalue weighted by molar-refractivity contribution is 0.127. The first kappa shape index (κ1) is 12.9. The van der Waals surface area contributed by atoms with Crippen LogP contribution in [0, 0.1) is 0 Å². The second-order valence-electron chi connectivity index (χ2n) is 3.95. The highest BCUT2D eigenvalue weighted by Crippen LogP contribution is 2.13. The van der Waals surface area contributed by atoms with Gasteiger partial charge in [-0.05, 0) is 26.2 Å². The van der Waals surface area contributed by atoms with Gasteiger partial charge in [0, 0.05) is 19.3 Å². The Morgan fingerprint density at radius 1 is 1.60 bits per heavy atom. The summed E-state index contributed by atoms with van der Waals surface area (Å²) in [4.78, 5) is 0. The van der Waals surface area contributed by atoms with Crippen LogP contribution in [0.5, 0.6) is 0 Å². The van der Waals surface area contributed by atoms with E-state index in [0.29, 0.717) is 13.0 Å². The van der Waals surface area contributed by atoms with Crippen molar-refractivity contribution in [1.29, 1.82) is 0 Å². The zero-order chi connectivity index (χ0) is 11.3. The summed E-state index contributed by atoms with van der Waals surface area (Å²) in [6.45, 7) is 2.39. The molecule has 0 aromatic heterocycles. The molecule has 1 rings (SSSR count). The summed E-state index contributed by atoms with van der Waals surface area (Å²) in [5.74, 6) is 0.0305. The zero-order valence-corrected chi connectivity index (χ0v) is 9.79. The SMILES string of the molecule is CC(CCO)NS(=O)(=O)CC1CCCO1. The Bertz CT molecular complexity index is 272. The maximum atomic E-state index is 11.6. The van der Waals surface area contributed by atoms with Crippen molar-refractivity contribution in [3.63, 3.8) is 0 Å². The van der Waals surface area contributed by atoms with Crippen LogP contribution in [0.15, 0.2) is 0 Å². The van der Waals surface area contributed by atoms with Gasteiger partial charge in [0.25, 0.3) is 0 Å². The van der Waals surface area contributed by atoms with Crippen molar-refractivity contribution < 1.29 is 18.3 Å². The molecule has 0 saturated carbocycles. The van der Waals surface area contributed by atoms with Crippen molar-refractivity contribution in [3.8, 4) is 0 Å². The van der Waals surface area contributed by atoms with Gasteiger partial charge < -0.3 is 9.84 Å². The van der Waals surface area contributed by atoms with Crippen molar-refractivity contribution in [3.05, 3.63) is 0 Å². The molecule has 0 aromatic rings. The molecule has 1 saturated heterocycles. The third kappa shape index (κ3) is 4.92. The summed E-state index contributed by atoms with van der Waals surface area (Å²) >= 11 is 0. The molecule has 0 radical (unpaired) electrons. The first-order chi connectivity index (χ1) is 7.03. The van der Waals surface area contributed by atoms with Crippen molar-refractivity contribution in [2.45, 2.75) is 38.3 Å². The quantitative estimate of drug-likeness (QED) is 0.674. The minimum atomic E-state index is -3.27. The molecule has 2 N–H and O–H groups in total. The van der Waals surface area contributed by atoms with Crippen LogP contribution in [0.1, 0.15) is 26.2 Å². The van der Waals surface area contributed by atoms with Gasteiger partial charge in [-0.2, -0.15) is 0 Å². The smallest absolute Gasteiger partial charge is 0.214 e. The Hall–Kier alpha value is -0.170. The molecule has 1 aliphatic heterocycles. The normalized spacial score (nSPS) is 24.3. The summed E-state index contributed by atoms with van der Waals surface area (Å²) in [6, 6.07) is -0.221. The Labute approximate surface area is 90.9 Å². The van der Waals surface area contributed by atoms with E-state index in [1.807, 2.05) is 0 Å². The van der Waals surface area contributed by atoms with Crippen molar-refractivity contribution in [1.82, 2.24) is 4.72 Å². The van der Waals surface area contributed by atoms with E-state index in [1.165, 1.54) is 0 Å².